The van der Waals surface area contributed by atoms with Crippen molar-refractivity contribution in [1.82, 2.24) is 9.88 Å². The summed E-state index contributed by atoms with van der Waals surface area (Å²) < 4.78 is 0. The van der Waals surface area contributed by atoms with Crippen LogP contribution in [0.4, 0.5) is 10.9 Å². The highest BCUT2D eigenvalue weighted by atomic mass is 32.1. The van der Waals surface area contributed by atoms with Gasteiger partial charge in [0.25, 0.3) is 5.91 Å². The number of aromatic nitrogens is 1. The van der Waals surface area contributed by atoms with Crippen LogP contribution >= 0.6 is 11.3 Å². The summed E-state index contributed by atoms with van der Waals surface area (Å²) in [7, 11) is 1.82. The van der Waals surface area contributed by atoms with Gasteiger partial charge >= 0.3 is 0 Å². The summed E-state index contributed by atoms with van der Waals surface area (Å²) in [4.78, 5) is 18.8. The van der Waals surface area contributed by atoms with Gasteiger partial charge in [0.15, 0.2) is 5.13 Å². The second-order valence-corrected chi connectivity index (χ2v) is 6.16. The number of hydrogen-bond acceptors (Lipinski definition) is 5. The van der Waals surface area contributed by atoms with Gasteiger partial charge in [0, 0.05) is 19.6 Å². The van der Waals surface area contributed by atoms with Crippen LogP contribution in [0, 0.1) is 5.92 Å². The van der Waals surface area contributed by atoms with Crippen molar-refractivity contribution in [2.24, 2.45) is 5.92 Å². The molecular formula is C13H24N4OS. The standard InChI is InChI=1S/C13H24N4OS/c1-6-15-13-16-11(14)10(19-13)12(18)17(5)9(4)7-8(2)3/h8-9H,6-7,14H2,1-5H3,(H,15,16). The number of rotatable bonds is 6. The summed E-state index contributed by atoms with van der Waals surface area (Å²) in [6.45, 7) is 9.11. The first kappa shape index (κ1) is 15.8. The number of hydrogen-bond donors (Lipinski definition) is 2. The molecule has 6 heteroatoms. The van der Waals surface area contributed by atoms with Gasteiger partial charge in [-0.1, -0.05) is 25.2 Å². The van der Waals surface area contributed by atoms with E-state index < -0.39 is 0 Å². The highest BCUT2D eigenvalue weighted by Gasteiger charge is 2.23. The molecule has 1 amide bonds. The normalized spacial score (nSPS) is 12.5. The quantitative estimate of drug-likeness (QED) is 0.842. The SMILES string of the molecule is CCNc1nc(N)c(C(=O)N(C)C(C)CC(C)C)s1. The number of anilines is 2. The highest BCUT2D eigenvalue weighted by Crippen LogP contribution is 2.27. The first-order valence-corrected chi connectivity index (χ1v) is 7.45. The molecule has 0 aliphatic heterocycles. The van der Waals surface area contributed by atoms with Crippen molar-refractivity contribution >= 4 is 28.2 Å². The predicted octanol–water partition coefficient (Wildman–Crippen LogP) is 2.66. The van der Waals surface area contributed by atoms with Gasteiger partial charge < -0.3 is 16.0 Å². The minimum Gasteiger partial charge on any atom is -0.382 e. The third-order valence-corrected chi connectivity index (χ3v) is 3.99. The third kappa shape index (κ3) is 4.09. The maximum absolute atomic E-state index is 12.4. The Morgan fingerprint density at radius 2 is 2.11 bits per heavy atom. The molecule has 0 bridgehead atoms. The Kier molecular flexibility index (Phi) is 5.60. The van der Waals surface area contributed by atoms with Gasteiger partial charge in [0.1, 0.15) is 10.7 Å². The van der Waals surface area contributed by atoms with Crippen LogP contribution < -0.4 is 11.1 Å². The van der Waals surface area contributed by atoms with Crippen molar-refractivity contribution in [2.45, 2.75) is 40.2 Å². The largest absolute Gasteiger partial charge is 0.382 e. The number of carbonyl (C=O) groups excluding carboxylic acids is 1. The fraction of sp³-hybridized carbons (Fsp3) is 0.692. The van der Waals surface area contributed by atoms with E-state index >= 15 is 0 Å². The molecule has 108 valence electrons. The number of nitrogens with two attached hydrogens (primary N) is 1. The molecule has 1 aromatic heterocycles. The van der Waals surface area contributed by atoms with Gasteiger partial charge in [-0.3, -0.25) is 4.79 Å². The van der Waals surface area contributed by atoms with E-state index in [0.29, 0.717) is 21.7 Å². The average molecular weight is 284 g/mol. The molecule has 0 radical (unpaired) electrons. The van der Waals surface area contributed by atoms with Crippen LogP contribution in [-0.4, -0.2) is 35.4 Å². The molecular weight excluding hydrogens is 260 g/mol. The van der Waals surface area contributed by atoms with Gasteiger partial charge in [0.05, 0.1) is 0 Å². The lowest BCUT2D eigenvalue weighted by Gasteiger charge is -2.25. The number of carbonyl (C=O) groups is 1. The zero-order valence-corrected chi connectivity index (χ0v) is 13.2. The molecule has 0 aliphatic carbocycles. The van der Waals surface area contributed by atoms with Crippen LogP contribution in [0.5, 0.6) is 0 Å². The molecule has 1 heterocycles. The lowest BCUT2D eigenvalue weighted by atomic mass is 10.0. The summed E-state index contributed by atoms with van der Waals surface area (Å²) in [5.74, 6) is 0.822. The van der Waals surface area contributed by atoms with Crippen molar-refractivity contribution in [3.63, 3.8) is 0 Å². The molecule has 1 unspecified atom stereocenters. The molecule has 1 atom stereocenters. The van der Waals surface area contributed by atoms with Gasteiger partial charge in [-0.25, -0.2) is 4.98 Å². The Morgan fingerprint density at radius 1 is 1.47 bits per heavy atom. The summed E-state index contributed by atoms with van der Waals surface area (Å²) >= 11 is 1.32. The minimum atomic E-state index is -0.0488. The van der Waals surface area contributed by atoms with E-state index in [0.717, 1.165) is 13.0 Å². The zero-order valence-electron chi connectivity index (χ0n) is 12.4. The zero-order chi connectivity index (χ0) is 14.6. The van der Waals surface area contributed by atoms with Gasteiger partial charge in [0.2, 0.25) is 0 Å². The number of amides is 1. The predicted molar refractivity (Wildman–Crippen MR) is 81.7 cm³/mol. The number of nitrogens with one attached hydrogen (secondary N) is 1. The van der Waals surface area contributed by atoms with Crippen LogP contribution in [0.1, 0.15) is 43.8 Å². The van der Waals surface area contributed by atoms with E-state index in [-0.39, 0.29) is 11.9 Å². The Labute approximate surface area is 119 Å². The van der Waals surface area contributed by atoms with Crippen LogP contribution in [-0.2, 0) is 0 Å². The topological polar surface area (TPSA) is 71.2 Å². The Bertz CT molecular complexity index is 430. The third-order valence-electron chi connectivity index (χ3n) is 2.97. The van der Waals surface area contributed by atoms with E-state index in [9.17, 15) is 4.79 Å². The molecule has 0 fully saturated rings. The highest BCUT2D eigenvalue weighted by molar-refractivity contribution is 7.18. The Hall–Kier alpha value is -1.30. The maximum Gasteiger partial charge on any atom is 0.267 e. The molecule has 1 rings (SSSR count). The van der Waals surface area contributed by atoms with Crippen LogP contribution in [0.15, 0.2) is 0 Å². The second-order valence-electron chi connectivity index (χ2n) is 5.16. The van der Waals surface area contributed by atoms with Gasteiger partial charge in [-0.15, -0.1) is 0 Å². The molecule has 3 N–H and O–H groups in total. The first-order valence-electron chi connectivity index (χ1n) is 6.64. The van der Waals surface area contributed by atoms with Gasteiger partial charge in [-0.2, -0.15) is 0 Å². The monoisotopic (exact) mass is 284 g/mol. The van der Waals surface area contributed by atoms with Gasteiger partial charge in [-0.05, 0) is 26.2 Å². The van der Waals surface area contributed by atoms with Crippen molar-refractivity contribution < 1.29 is 4.79 Å². The average Bonchev–Trinajstić information content (AvgIpc) is 2.68. The second kappa shape index (κ2) is 6.75. The lowest BCUT2D eigenvalue weighted by molar-refractivity contribution is 0.0734. The fourth-order valence-electron chi connectivity index (χ4n) is 1.91. The van der Waals surface area contributed by atoms with Crippen molar-refractivity contribution in [1.29, 1.82) is 0 Å². The van der Waals surface area contributed by atoms with Crippen LogP contribution in [0.3, 0.4) is 0 Å². The van der Waals surface area contributed by atoms with Crippen molar-refractivity contribution in [3.8, 4) is 0 Å². The van der Waals surface area contributed by atoms with Crippen molar-refractivity contribution in [3.05, 3.63) is 4.88 Å². The molecule has 0 saturated carbocycles. The van der Waals surface area contributed by atoms with Crippen molar-refractivity contribution in [2.75, 3.05) is 24.6 Å². The number of nitrogens with zero attached hydrogens (tertiary/aromatic N) is 2. The van der Waals surface area contributed by atoms with E-state index in [1.807, 2.05) is 14.0 Å². The molecule has 0 spiro atoms. The summed E-state index contributed by atoms with van der Waals surface area (Å²) in [5, 5.41) is 3.78. The number of nitrogen functional groups attached to an aromatic ring is 1. The molecule has 0 aromatic carbocycles. The lowest BCUT2D eigenvalue weighted by Crippen LogP contribution is -2.35. The van der Waals surface area contributed by atoms with E-state index in [4.69, 9.17) is 5.73 Å². The summed E-state index contributed by atoms with van der Waals surface area (Å²) in [6.07, 6.45) is 0.973. The molecule has 5 nitrogen and oxygen atoms in total. The van der Waals surface area contributed by atoms with E-state index in [1.165, 1.54) is 11.3 Å². The molecule has 0 aliphatic rings. The maximum atomic E-state index is 12.4. The molecule has 0 saturated heterocycles. The number of thiazole rings is 1. The van der Waals surface area contributed by atoms with Crippen LogP contribution in [0.25, 0.3) is 0 Å². The smallest absolute Gasteiger partial charge is 0.267 e. The van der Waals surface area contributed by atoms with Crippen LogP contribution in [0.2, 0.25) is 0 Å². The Balaban J connectivity index is 2.81. The Morgan fingerprint density at radius 3 is 2.63 bits per heavy atom. The molecule has 1 aromatic rings. The van der Waals surface area contributed by atoms with E-state index in [2.05, 4.69) is 31.1 Å². The molecule has 19 heavy (non-hydrogen) atoms. The summed E-state index contributed by atoms with van der Waals surface area (Å²) in [6, 6.07) is 0.191. The minimum absolute atomic E-state index is 0.0488. The fourth-order valence-corrected chi connectivity index (χ4v) is 2.85. The summed E-state index contributed by atoms with van der Waals surface area (Å²) in [5.41, 5.74) is 5.82. The first-order chi connectivity index (χ1) is 8.86. The van der Waals surface area contributed by atoms with E-state index in [1.54, 1.807) is 4.90 Å².